The van der Waals surface area contributed by atoms with Gasteiger partial charge in [0.15, 0.2) is 0 Å². The highest BCUT2D eigenvalue weighted by molar-refractivity contribution is 5.95. The van der Waals surface area contributed by atoms with Gasteiger partial charge in [-0.1, -0.05) is 25.1 Å². The smallest absolute Gasteiger partial charge is 0.254 e. The Hall–Kier alpha value is -1.06. The van der Waals surface area contributed by atoms with Gasteiger partial charge >= 0.3 is 0 Å². The van der Waals surface area contributed by atoms with Crippen molar-refractivity contribution in [2.75, 3.05) is 13.1 Å². The topological polar surface area (TPSA) is 46.3 Å². The van der Waals surface area contributed by atoms with Gasteiger partial charge in [0.05, 0.1) is 0 Å². The van der Waals surface area contributed by atoms with Crippen molar-refractivity contribution in [3.05, 3.63) is 35.4 Å². The normalized spacial score (nSPS) is 22.8. The Kier molecular flexibility index (Phi) is 5.83. The van der Waals surface area contributed by atoms with E-state index in [-0.39, 0.29) is 24.4 Å². The second-order valence-corrected chi connectivity index (χ2v) is 5.33. The molecule has 0 saturated carbocycles. The number of likely N-dealkylation sites (tertiary alicyclic amines) is 1. The van der Waals surface area contributed by atoms with Crippen molar-refractivity contribution >= 4 is 18.3 Å². The SMILES string of the molecule is Cc1ccccc1C(=O)N1CCC(C)CC1CN.Cl. The summed E-state index contributed by atoms with van der Waals surface area (Å²) in [6.07, 6.45) is 2.10. The molecule has 1 amide bonds. The molecular weight excluding hydrogens is 260 g/mol. The molecule has 2 rings (SSSR count). The number of carbonyl (C=O) groups excluding carboxylic acids is 1. The summed E-state index contributed by atoms with van der Waals surface area (Å²) in [7, 11) is 0. The Morgan fingerprint density at radius 3 is 2.74 bits per heavy atom. The molecule has 1 aliphatic heterocycles. The highest BCUT2D eigenvalue weighted by Crippen LogP contribution is 2.24. The monoisotopic (exact) mass is 282 g/mol. The standard InChI is InChI=1S/C15H22N2O.ClH/c1-11-7-8-17(13(9-11)10-16)15(18)14-6-4-3-5-12(14)2;/h3-6,11,13H,7-10,16H2,1-2H3;1H. The summed E-state index contributed by atoms with van der Waals surface area (Å²) in [4.78, 5) is 14.5. The molecule has 1 saturated heterocycles. The second-order valence-electron chi connectivity index (χ2n) is 5.33. The lowest BCUT2D eigenvalue weighted by Gasteiger charge is -2.38. The second kappa shape index (κ2) is 6.92. The Bertz CT molecular complexity index is 436. The molecule has 2 atom stereocenters. The first-order chi connectivity index (χ1) is 8.63. The molecule has 1 fully saturated rings. The lowest BCUT2D eigenvalue weighted by atomic mass is 9.91. The van der Waals surface area contributed by atoms with Crippen molar-refractivity contribution in [1.29, 1.82) is 0 Å². The Labute approximate surface area is 121 Å². The minimum atomic E-state index is 0. The molecule has 1 heterocycles. The van der Waals surface area contributed by atoms with Crippen molar-refractivity contribution in [2.24, 2.45) is 11.7 Å². The summed E-state index contributed by atoms with van der Waals surface area (Å²) < 4.78 is 0. The van der Waals surface area contributed by atoms with Crippen molar-refractivity contribution in [3.8, 4) is 0 Å². The minimum Gasteiger partial charge on any atom is -0.334 e. The molecule has 0 bridgehead atoms. The van der Waals surface area contributed by atoms with E-state index in [2.05, 4.69) is 6.92 Å². The largest absolute Gasteiger partial charge is 0.334 e. The van der Waals surface area contributed by atoms with Crippen LogP contribution in [-0.4, -0.2) is 29.9 Å². The first-order valence-electron chi connectivity index (χ1n) is 6.70. The predicted octanol–water partition coefficient (Wildman–Crippen LogP) is 2.62. The average Bonchev–Trinajstić information content (AvgIpc) is 2.38. The number of halogens is 1. The number of amides is 1. The fourth-order valence-corrected chi connectivity index (χ4v) is 2.71. The summed E-state index contributed by atoms with van der Waals surface area (Å²) in [5, 5.41) is 0. The molecule has 2 N–H and O–H groups in total. The van der Waals surface area contributed by atoms with Gasteiger partial charge in [0.1, 0.15) is 0 Å². The van der Waals surface area contributed by atoms with Crippen LogP contribution in [0.4, 0.5) is 0 Å². The number of benzene rings is 1. The van der Waals surface area contributed by atoms with Crippen LogP contribution in [0.5, 0.6) is 0 Å². The van der Waals surface area contributed by atoms with Gasteiger partial charge in [-0.25, -0.2) is 0 Å². The van der Waals surface area contributed by atoms with Crippen LogP contribution in [-0.2, 0) is 0 Å². The van der Waals surface area contributed by atoms with Gasteiger partial charge < -0.3 is 10.6 Å². The number of aryl methyl sites for hydroxylation is 1. The van der Waals surface area contributed by atoms with E-state index in [9.17, 15) is 4.79 Å². The van der Waals surface area contributed by atoms with E-state index in [4.69, 9.17) is 5.73 Å². The molecule has 0 radical (unpaired) electrons. The molecule has 1 aromatic carbocycles. The van der Waals surface area contributed by atoms with E-state index in [1.165, 1.54) is 0 Å². The molecule has 0 aromatic heterocycles. The van der Waals surface area contributed by atoms with Crippen LogP contribution < -0.4 is 5.73 Å². The third-order valence-corrected chi connectivity index (χ3v) is 3.89. The van der Waals surface area contributed by atoms with E-state index >= 15 is 0 Å². The molecule has 106 valence electrons. The quantitative estimate of drug-likeness (QED) is 0.906. The minimum absolute atomic E-state index is 0. The Morgan fingerprint density at radius 1 is 1.42 bits per heavy atom. The van der Waals surface area contributed by atoms with Crippen LogP contribution in [0, 0.1) is 12.8 Å². The van der Waals surface area contributed by atoms with E-state index in [0.717, 1.165) is 30.5 Å². The maximum atomic E-state index is 12.6. The summed E-state index contributed by atoms with van der Waals surface area (Å²) >= 11 is 0. The van der Waals surface area contributed by atoms with Gasteiger partial charge in [0.2, 0.25) is 0 Å². The lowest BCUT2D eigenvalue weighted by molar-refractivity contribution is 0.0573. The molecular formula is C15H23ClN2O. The van der Waals surface area contributed by atoms with Crippen molar-refractivity contribution in [3.63, 3.8) is 0 Å². The maximum absolute atomic E-state index is 12.6. The molecule has 3 nitrogen and oxygen atoms in total. The number of hydrogen-bond acceptors (Lipinski definition) is 2. The number of nitrogens with zero attached hydrogens (tertiary/aromatic N) is 1. The van der Waals surface area contributed by atoms with Gasteiger partial charge in [-0.05, 0) is 37.3 Å². The highest BCUT2D eigenvalue weighted by atomic mass is 35.5. The van der Waals surface area contributed by atoms with Crippen LogP contribution in [0.3, 0.4) is 0 Å². The van der Waals surface area contributed by atoms with Gasteiger partial charge in [0, 0.05) is 24.7 Å². The van der Waals surface area contributed by atoms with E-state index in [0.29, 0.717) is 12.5 Å². The van der Waals surface area contributed by atoms with Gasteiger partial charge in [0.25, 0.3) is 5.91 Å². The van der Waals surface area contributed by atoms with Crippen molar-refractivity contribution in [1.82, 2.24) is 4.90 Å². The third kappa shape index (κ3) is 3.48. The molecule has 4 heteroatoms. The molecule has 1 aliphatic rings. The van der Waals surface area contributed by atoms with E-state index < -0.39 is 0 Å². The summed E-state index contributed by atoms with van der Waals surface area (Å²) in [6, 6.07) is 7.97. The van der Waals surface area contributed by atoms with Gasteiger partial charge in [-0.3, -0.25) is 4.79 Å². The van der Waals surface area contributed by atoms with Crippen LogP contribution in [0.2, 0.25) is 0 Å². The summed E-state index contributed by atoms with van der Waals surface area (Å²) in [5.74, 6) is 0.801. The lowest BCUT2D eigenvalue weighted by Crippen LogP contribution is -2.49. The third-order valence-electron chi connectivity index (χ3n) is 3.89. The zero-order valence-electron chi connectivity index (χ0n) is 11.6. The summed E-state index contributed by atoms with van der Waals surface area (Å²) in [5.41, 5.74) is 7.67. The van der Waals surface area contributed by atoms with E-state index in [1.807, 2.05) is 36.1 Å². The van der Waals surface area contributed by atoms with Gasteiger partial charge in [-0.15, -0.1) is 12.4 Å². The molecule has 19 heavy (non-hydrogen) atoms. The molecule has 2 unspecified atom stereocenters. The fraction of sp³-hybridized carbons (Fsp3) is 0.533. The van der Waals surface area contributed by atoms with Crippen molar-refractivity contribution in [2.45, 2.75) is 32.7 Å². The van der Waals surface area contributed by atoms with Crippen LogP contribution in [0.15, 0.2) is 24.3 Å². The van der Waals surface area contributed by atoms with Gasteiger partial charge in [-0.2, -0.15) is 0 Å². The number of nitrogens with two attached hydrogens (primary N) is 1. The first kappa shape index (κ1) is 16.0. The van der Waals surface area contributed by atoms with Crippen molar-refractivity contribution < 1.29 is 4.79 Å². The zero-order chi connectivity index (χ0) is 13.1. The molecule has 0 spiro atoms. The Balaban J connectivity index is 0.00000180. The number of carbonyl (C=O) groups is 1. The van der Waals surface area contributed by atoms with Crippen LogP contribution in [0.1, 0.15) is 35.7 Å². The molecule has 0 aliphatic carbocycles. The molecule has 1 aromatic rings. The maximum Gasteiger partial charge on any atom is 0.254 e. The zero-order valence-corrected chi connectivity index (χ0v) is 12.5. The van der Waals surface area contributed by atoms with Crippen LogP contribution in [0.25, 0.3) is 0 Å². The summed E-state index contributed by atoms with van der Waals surface area (Å²) in [6.45, 7) is 5.60. The Morgan fingerprint density at radius 2 is 2.11 bits per heavy atom. The highest BCUT2D eigenvalue weighted by Gasteiger charge is 2.29. The first-order valence-corrected chi connectivity index (χ1v) is 6.70. The van der Waals surface area contributed by atoms with Crippen LogP contribution >= 0.6 is 12.4 Å². The number of rotatable bonds is 2. The average molecular weight is 283 g/mol. The predicted molar refractivity (Wildman–Crippen MR) is 80.7 cm³/mol. The van der Waals surface area contributed by atoms with E-state index in [1.54, 1.807) is 0 Å². The fourth-order valence-electron chi connectivity index (χ4n) is 2.71. The number of hydrogen-bond donors (Lipinski definition) is 1. The number of piperidine rings is 1.